The fourth-order valence-corrected chi connectivity index (χ4v) is 3.08. The molecule has 0 bridgehead atoms. The van der Waals surface area contributed by atoms with Crippen LogP contribution in [0.25, 0.3) is 0 Å². The zero-order chi connectivity index (χ0) is 16.8. The SMILES string of the molecule is C#Cc1cccc(N(CC(=O)NC)C(=O)Cc2ccc(Cl)s2)c1. The number of anilines is 1. The van der Waals surface area contributed by atoms with Gasteiger partial charge in [0.1, 0.15) is 6.54 Å². The Morgan fingerprint density at radius 3 is 2.74 bits per heavy atom. The van der Waals surface area contributed by atoms with Gasteiger partial charge in [0.2, 0.25) is 11.8 Å². The third-order valence-electron chi connectivity index (χ3n) is 3.16. The Labute approximate surface area is 144 Å². The van der Waals surface area contributed by atoms with Crippen LogP contribution in [0.15, 0.2) is 36.4 Å². The van der Waals surface area contributed by atoms with Gasteiger partial charge in [0.05, 0.1) is 10.8 Å². The molecule has 2 amide bonds. The van der Waals surface area contributed by atoms with E-state index in [9.17, 15) is 9.59 Å². The summed E-state index contributed by atoms with van der Waals surface area (Å²) >= 11 is 7.24. The minimum absolute atomic E-state index is 0.0670. The average molecular weight is 347 g/mol. The maximum absolute atomic E-state index is 12.6. The second-order valence-corrected chi connectivity index (χ2v) is 6.53. The molecule has 0 saturated heterocycles. The molecular formula is C17H15ClN2O2S. The van der Waals surface area contributed by atoms with Crippen LogP contribution in [-0.4, -0.2) is 25.4 Å². The van der Waals surface area contributed by atoms with E-state index in [1.165, 1.54) is 23.3 Å². The first-order valence-electron chi connectivity index (χ1n) is 6.85. The minimum atomic E-state index is -0.256. The van der Waals surface area contributed by atoms with Crippen molar-refractivity contribution in [2.45, 2.75) is 6.42 Å². The summed E-state index contributed by atoms with van der Waals surface area (Å²) in [6.45, 7) is -0.0670. The van der Waals surface area contributed by atoms with Gasteiger partial charge in [-0.25, -0.2) is 0 Å². The fourth-order valence-electron chi connectivity index (χ4n) is 2.00. The monoisotopic (exact) mass is 346 g/mol. The third kappa shape index (κ3) is 4.59. The minimum Gasteiger partial charge on any atom is -0.358 e. The molecule has 0 saturated carbocycles. The second-order valence-electron chi connectivity index (χ2n) is 4.73. The zero-order valence-electron chi connectivity index (χ0n) is 12.5. The van der Waals surface area contributed by atoms with E-state index in [0.29, 0.717) is 15.6 Å². The number of halogens is 1. The van der Waals surface area contributed by atoms with Crippen molar-refractivity contribution >= 4 is 40.4 Å². The number of carbonyl (C=O) groups is 2. The smallest absolute Gasteiger partial charge is 0.239 e. The van der Waals surface area contributed by atoms with Crippen molar-refractivity contribution in [2.24, 2.45) is 0 Å². The molecule has 2 aromatic rings. The highest BCUT2D eigenvalue weighted by molar-refractivity contribution is 7.16. The molecule has 0 aliphatic carbocycles. The van der Waals surface area contributed by atoms with Crippen LogP contribution >= 0.6 is 22.9 Å². The first kappa shape index (κ1) is 17.1. The maximum Gasteiger partial charge on any atom is 0.239 e. The quantitative estimate of drug-likeness (QED) is 0.846. The van der Waals surface area contributed by atoms with E-state index in [1.54, 1.807) is 36.4 Å². The number of benzene rings is 1. The van der Waals surface area contributed by atoms with Crippen LogP contribution in [0.5, 0.6) is 0 Å². The van der Waals surface area contributed by atoms with Crippen LogP contribution in [0, 0.1) is 12.3 Å². The molecule has 0 spiro atoms. The summed E-state index contributed by atoms with van der Waals surface area (Å²) in [5.41, 5.74) is 1.24. The molecular weight excluding hydrogens is 332 g/mol. The van der Waals surface area contributed by atoms with E-state index in [-0.39, 0.29) is 24.8 Å². The van der Waals surface area contributed by atoms with Gasteiger partial charge >= 0.3 is 0 Å². The molecule has 118 valence electrons. The molecule has 0 atom stereocenters. The van der Waals surface area contributed by atoms with Crippen molar-refractivity contribution in [3.63, 3.8) is 0 Å². The van der Waals surface area contributed by atoms with Crippen molar-refractivity contribution in [2.75, 3.05) is 18.5 Å². The molecule has 4 nitrogen and oxygen atoms in total. The number of carbonyl (C=O) groups excluding carboxylic acids is 2. The summed E-state index contributed by atoms with van der Waals surface area (Å²) in [6.07, 6.45) is 5.58. The molecule has 1 heterocycles. The molecule has 6 heteroatoms. The summed E-state index contributed by atoms with van der Waals surface area (Å²) < 4.78 is 0.625. The number of likely N-dealkylation sites (N-methyl/N-ethyl adjacent to an activating group) is 1. The highest BCUT2D eigenvalue weighted by Crippen LogP contribution is 2.23. The first-order chi connectivity index (χ1) is 11.0. The van der Waals surface area contributed by atoms with Gasteiger partial charge in [-0.15, -0.1) is 17.8 Å². The van der Waals surface area contributed by atoms with Crippen molar-refractivity contribution in [3.05, 3.63) is 51.2 Å². The Hall–Kier alpha value is -2.29. The van der Waals surface area contributed by atoms with E-state index in [0.717, 1.165) is 4.88 Å². The molecule has 0 unspecified atom stereocenters. The van der Waals surface area contributed by atoms with Crippen molar-refractivity contribution in [3.8, 4) is 12.3 Å². The lowest BCUT2D eigenvalue weighted by atomic mass is 10.2. The normalized spacial score (nSPS) is 9.96. The van der Waals surface area contributed by atoms with Crippen LogP contribution in [0.4, 0.5) is 5.69 Å². The lowest BCUT2D eigenvalue weighted by Gasteiger charge is -2.22. The maximum atomic E-state index is 12.6. The number of rotatable bonds is 5. The number of hydrogen-bond donors (Lipinski definition) is 1. The summed E-state index contributed by atoms with van der Waals surface area (Å²) in [7, 11) is 1.53. The van der Waals surface area contributed by atoms with Crippen LogP contribution in [0.1, 0.15) is 10.4 Å². The Kier molecular flexibility index (Phi) is 5.80. The summed E-state index contributed by atoms with van der Waals surface area (Å²) in [5, 5.41) is 2.53. The van der Waals surface area contributed by atoms with Crippen molar-refractivity contribution in [1.82, 2.24) is 5.32 Å². The first-order valence-corrected chi connectivity index (χ1v) is 8.04. The largest absolute Gasteiger partial charge is 0.358 e. The Bertz CT molecular complexity index is 764. The summed E-state index contributed by atoms with van der Waals surface area (Å²) in [5.74, 6) is 2.08. The number of terminal acetylenes is 1. The molecule has 1 aromatic heterocycles. The molecule has 23 heavy (non-hydrogen) atoms. The zero-order valence-corrected chi connectivity index (χ0v) is 14.1. The lowest BCUT2D eigenvalue weighted by molar-refractivity contribution is -0.123. The van der Waals surface area contributed by atoms with Gasteiger partial charge in [0.25, 0.3) is 0 Å². The highest BCUT2D eigenvalue weighted by atomic mass is 35.5. The van der Waals surface area contributed by atoms with E-state index in [2.05, 4.69) is 11.2 Å². The highest BCUT2D eigenvalue weighted by Gasteiger charge is 2.20. The lowest BCUT2D eigenvalue weighted by Crippen LogP contribution is -2.40. The number of amides is 2. The second kappa shape index (κ2) is 7.82. The number of hydrogen-bond acceptors (Lipinski definition) is 3. The van der Waals surface area contributed by atoms with Crippen LogP contribution in [-0.2, 0) is 16.0 Å². The van der Waals surface area contributed by atoms with Crippen LogP contribution in [0.3, 0.4) is 0 Å². The van der Waals surface area contributed by atoms with Crippen LogP contribution < -0.4 is 10.2 Å². The van der Waals surface area contributed by atoms with Gasteiger partial charge < -0.3 is 10.2 Å². The van der Waals surface area contributed by atoms with E-state index in [4.69, 9.17) is 18.0 Å². The molecule has 0 fully saturated rings. The molecule has 1 aromatic carbocycles. The number of nitrogens with one attached hydrogen (secondary N) is 1. The molecule has 0 radical (unpaired) electrons. The van der Waals surface area contributed by atoms with Gasteiger partial charge in [-0.05, 0) is 30.3 Å². The average Bonchev–Trinajstić information content (AvgIpc) is 2.97. The predicted molar refractivity (Wildman–Crippen MR) is 93.8 cm³/mol. The molecule has 1 N–H and O–H groups in total. The molecule has 2 rings (SSSR count). The van der Waals surface area contributed by atoms with Gasteiger partial charge in [-0.1, -0.05) is 23.6 Å². The Morgan fingerprint density at radius 1 is 1.35 bits per heavy atom. The fraction of sp³-hybridized carbons (Fsp3) is 0.176. The number of nitrogens with zero attached hydrogens (tertiary/aromatic N) is 1. The van der Waals surface area contributed by atoms with Gasteiger partial charge in [-0.3, -0.25) is 9.59 Å². The Balaban J connectivity index is 2.27. The van der Waals surface area contributed by atoms with Crippen molar-refractivity contribution < 1.29 is 9.59 Å². The Morgan fingerprint density at radius 2 is 2.13 bits per heavy atom. The van der Waals surface area contributed by atoms with Crippen LogP contribution in [0.2, 0.25) is 4.34 Å². The van der Waals surface area contributed by atoms with Crippen molar-refractivity contribution in [1.29, 1.82) is 0 Å². The standard InChI is InChI=1S/C17H15ClN2O2S/c1-3-12-5-4-6-13(9-12)20(11-16(21)19-2)17(22)10-14-7-8-15(18)23-14/h1,4-9H,10-11H2,2H3,(H,19,21). The van der Waals surface area contributed by atoms with Gasteiger partial charge in [-0.2, -0.15) is 0 Å². The topological polar surface area (TPSA) is 49.4 Å². The van der Waals surface area contributed by atoms with E-state index < -0.39 is 0 Å². The number of thiophene rings is 1. The predicted octanol–water partition coefficient (Wildman–Crippen LogP) is 2.70. The third-order valence-corrected chi connectivity index (χ3v) is 4.39. The molecule has 0 aliphatic rings. The summed E-state index contributed by atoms with van der Waals surface area (Å²) in [4.78, 5) is 26.6. The van der Waals surface area contributed by atoms with E-state index in [1.807, 2.05) is 0 Å². The molecule has 0 aliphatic heterocycles. The van der Waals surface area contributed by atoms with E-state index >= 15 is 0 Å². The summed E-state index contributed by atoms with van der Waals surface area (Å²) in [6, 6.07) is 10.5. The van der Waals surface area contributed by atoms with Gasteiger partial charge in [0.15, 0.2) is 0 Å². The van der Waals surface area contributed by atoms with Gasteiger partial charge in [0, 0.05) is 23.2 Å².